The monoisotopic (exact) mass is 261 g/mol. The van der Waals surface area contributed by atoms with Crippen LogP contribution in [-0.2, 0) is 0 Å². The number of rotatable bonds is 2. The third-order valence-corrected chi connectivity index (χ3v) is 3.07. The van der Waals surface area contributed by atoms with Crippen molar-refractivity contribution in [2.24, 2.45) is 0 Å². The third kappa shape index (κ3) is 1.75. The van der Waals surface area contributed by atoms with Gasteiger partial charge in [0.25, 0.3) is 0 Å². The van der Waals surface area contributed by atoms with Crippen LogP contribution in [0.15, 0.2) is 37.2 Å². The highest BCUT2D eigenvalue weighted by atomic mass is 15.3. The first-order chi connectivity index (χ1) is 9.74. The van der Waals surface area contributed by atoms with Gasteiger partial charge >= 0.3 is 0 Å². The summed E-state index contributed by atoms with van der Waals surface area (Å²) >= 11 is 0. The molecular weight excluding hydrogens is 250 g/mol. The molecule has 0 bridgehead atoms. The van der Waals surface area contributed by atoms with E-state index in [1.165, 1.54) is 0 Å². The van der Waals surface area contributed by atoms with Gasteiger partial charge in [-0.3, -0.25) is 4.98 Å². The van der Waals surface area contributed by atoms with Crippen molar-refractivity contribution in [2.75, 3.05) is 0 Å². The van der Waals surface area contributed by atoms with Crippen molar-refractivity contribution >= 4 is 11.7 Å². The van der Waals surface area contributed by atoms with E-state index in [9.17, 15) is 5.26 Å². The van der Waals surface area contributed by atoms with Crippen molar-refractivity contribution in [3.8, 4) is 17.2 Å². The molecule has 3 heterocycles. The van der Waals surface area contributed by atoms with E-state index < -0.39 is 0 Å². The first kappa shape index (κ1) is 12.1. The third-order valence-electron chi connectivity index (χ3n) is 3.07. The topological polar surface area (TPSA) is 66.9 Å². The average Bonchev–Trinajstić information content (AvgIpc) is 2.93. The van der Waals surface area contributed by atoms with Crippen LogP contribution >= 0.6 is 0 Å². The summed E-state index contributed by atoms with van der Waals surface area (Å²) in [5, 5.41) is 13.8. The second-order valence-electron chi connectivity index (χ2n) is 4.34. The molecule has 0 N–H and O–H groups in total. The van der Waals surface area contributed by atoms with E-state index >= 15 is 0 Å². The molecule has 0 aliphatic rings. The Bertz CT molecular complexity index is 840. The lowest BCUT2D eigenvalue weighted by Crippen LogP contribution is -1.99. The van der Waals surface area contributed by atoms with Gasteiger partial charge in [-0.1, -0.05) is 12.6 Å². The maximum absolute atomic E-state index is 9.47. The molecule has 0 amide bonds. The molecule has 3 aromatic heterocycles. The second kappa shape index (κ2) is 4.59. The maximum atomic E-state index is 9.47. The number of fused-ring (bicyclic) bond motifs is 1. The summed E-state index contributed by atoms with van der Waals surface area (Å²) in [6.45, 7) is 5.59. The van der Waals surface area contributed by atoms with Gasteiger partial charge in [-0.25, -0.2) is 9.50 Å². The zero-order chi connectivity index (χ0) is 14.1. The van der Waals surface area contributed by atoms with Gasteiger partial charge in [0.15, 0.2) is 11.5 Å². The summed E-state index contributed by atoms with van der Waals surface area (Å²) < 4.78 is 1.66. The van der Waals surface area contributed by atoms with Crippen LogP contribution in [0.25, 0.3) is 22.9 Å². The van der Waals surface area contributed by atoms with Crippen molar-refractivity contribution < 1.29 is 0 Å². The number of nitriles is 1. The molecule has 0 spiro atoms. The standard InChI is InChI=1S/C15H11N5/c1-3-14-18-15-13(8-16)12(7-10(2)20(15)19-14)11-5-4-6-17-9-11/h3-7,9H,1H2,2H3. The molecular formula is C15H11N5. The number of pyridine rings is 2. The Morgan fingerprint density at radius 2 is 2.30 bits per heavy atom. The Hall–Kier alpha value is -3.00. The van der Waals surface area contributed by atoms with E-state index in [1.807, 2.05) is 25.1 Å². The Balaban J connectivity index is 2.40. The number of aryl methyl sites for hydroxylation is 1. The molecule has 0 aromatic carbocycles. The minimum atomic E-state index is 0.490. The fourth-order valence-corrected chi connectivity index (χ4v) is 2.14. The molecule has 0 aliphatic heterocycles. The van der Waals surface area contributed by atoms with E-state index in [1.54, 1.807) is 23.0 Å². The fraction of sp³-hybridized carbons (Fsp3) is 0.0667. The van der Waals surface area contributed by atoms with Crippen LogP contribution in [0.1, 0.15) is 17.1 Å². The summed E-state index contributed by atoms with van der Waals surface area (Å²) in [6.07, 6.45) is 5.00. The van der Waals surface area contributed by atoms with Gasteiger partial charge in [-0.15, -0.1) is 5.10 Å². The Kier molecular flexibility index (Phi) is 2.77. The predicted molar refractivity (Wildman–Crippen MR) is 75.8 cm³/mol. The van der Waals surface area contributed by atoms with Crippen LogP contribution in [0.2, 0.25) is 0 Å². The lowest BCUT2D eigenvalue weighted by Gasteiger charge is -2.07. The zero-order valence-corrected chi connectivity index (χ0v) is 10.9. The zero-order valence-electron chi connectivity index (χ0n) is 10.9. The molecule has 0 fully saturated rings. The molecule has 0 atom stereocenters. The maximum Gasteiger partial charge on any atom is 0.174 e. The van der Waals surface area contributed by atoms with E-state index in [4.69, 9.17) is 0 Å². The smallest absolute Gasteiger partial charge is 0.174 e. The lowest BCUT2D eigenvalue weighted by atomic mass is 10.0. The number of hydrogen-bond acceptors (Lipinski definition) is 4. The summed E-state index contributed by atoms with van der Waals surface area (Å²) in [4.78, 5) is 8.44. The molecule has 20 heavy (non-hydrogen) atoms. The molecule has 5 heteroatoms. The van der Waals surface area contributed by atoms with Crippen molar-refractivity contribution in [2.45, 2.75) is 6.92 Å². The summed E-state index contributed by atoms with van der Waals surface area (Å²) in [7, 11) is 0. The Morgan fingerprint density at radius 3 is 2.95 bits per heavy atom. The fourth-order valence-electron chi connectivity index (χ4n) is 2.14. The predicted octanol–water partition coefficient (Wildman–Crippen LogP) is 2.61. The molecule has 3 aromatic rings. The minimum absolute atomic E-state index is 0.490. The van der Waals surface area contributed by atoms with Crippen LogP contribution < -0.4 is 0 Å². The summed E-state index contributed by atoms with van der Waals surface area (Å²) in [6, 6.07) is 7.90. The molecule has 0 saturated carbocycles. The minimum Gasteiger partial charge on any atom is -0.264 e. The van der Waals surface area contributed by atoms with Gasteiger partial charge in [-0.05, 0) is 25.1 Å². The number of hydrogen-bond donors (Lipinski definition) is 0. The van der Waals surface area contributed by atoms with Crippen LogP contribution in [0.5, 0.6) is 0 Å². The number of aromatic nitrogens is 4. The highest BCUT2D eigenvalue weighted by Crippen LogP contribution is 2.26. The van der Waals surface area contributed by atoms with Crippen molar-refractivity contribution in [3.63, 3.8) is 0 Å². The largest absolute Gasteiger partial charge is 0.264 e. The SMILES string of the molecule is C=Cc1nc2c(C#N)c(-c3cccnc3)cc(C)n2n1. The molecule has 3 rings (SSSR count). The second-order valence-corrected chi connectivity index (χ2v) is 4.34. The van der Waals surface area contributed by atoms with Crippen LogP contribution in [0, 0.1) is 18.3 Å². The molecule has 0 unspecified atom stereocenters. The van der Waals surface area contributed by atoms with Gasteiger partial charge in [0, 0.05) is 29.2 Å². The first-order valence-corrected chi connectivity index (χ1v) is 6.08. The van der Waals surface area contributed by atoms with Crippen molar-refractivity contribution in [1.29, 1.82) is 5.26 Å². The van der Waals surface area contributed by atoms with E-state index in [0.29, 0.717) is 17.0 Å². The quantitative estimate of drug-likeness (QED) is 0.711. The first-order valence-electron chi connectivity index (χ1n) is 6.08. The van der Waals surface area contributed by atoms with E-state index in [-0.39, 0.29) is 0 Å². The molecule has 0 radical (unpaired) electrons. The summed E-state index contributed by atoms with van der Waals surface area (Å²) in [5.41, 5.74) is 3.63. The van der Waals surface area contributed by atoms with Crippen molar-refractivity contribution in [1.82, 2.24) is 19.6 Å². The Morgan fingerprint density at radius 1 is 1.45 bits per heavy atom. The van der Waals surface area contributed by atoms with Gasteiger partial charge in [0.05, 0.1) is 0 Å². The van der Waals surface area contributed by atoms with Crippen LogP contribution in [0.4, 0.5) is 0 Å². The number of nitrogens with zero attached hydrogens (tertiary/aromatic N) is 5. The average molecular weight is 261 g/mol. The highest BCUT2D eigenvalue weighted by molar-refractivity contribution is 5.77. The van der Waals surface area contributed by atoms with E-state index in [0.717, 1.165) is 16.8 Å². The van der Waals surface area contributed by atoms with Gasteiger partial charge in [-0.2, -0.15) is 5.26 Å². The molecule has 0 saturated heterocycles. The molecule has 96 valence electrons. The van der Waals surface area contributed by atoms with Crippen LogP contribution in [-0.4, -0.2) is 19.6 Å². The molecule has 0 aliphatic carbocycles. The lowest BCUT2D eigenvalue weighted by molar-refractivity contribution is 0.908. The molecule has 5 nitrogen and oxygen atoms in total. The van der Waals surface area contributed by atoms with Crippen molar-refractivity contribution in [3.05, 3.63) is 54.3 Å². The highest BCUT2D eigenvalue weighted by Gasteiger charge is 2.15. The van der Waals surface area contributed by atoms with E-state index in [2.05, 4.69) is 27.7 Å². The van der Waals surface area contributed by atoms with Gasteiger partial charge in [0.2, 0.25) is 0 Å². The summed E-state index contributed by atoms with van der Waals surface area (Å²) in [5.74, 6) is 0.507. The van der Waals surface area contributed by atoms with Gasteiger partial charge in [0.1, 0.15) is 11.6 Å². The van der Waals surface area contributed by atoms with Crippen LogP contribution in [0.3, 0.4) is 0 Å². The normalized spacial score (nSPS) is 10.4. The Labute approximate surface area is 115 Å². The van der Waals surface area contributed by atoms with Gasteiger partial charge < -0.3 is 0 Å².